The number of carboxylic acids is 1. The molecule has 0 saturated carbocycles. The van der Waals surface area contributed by atoms with E-state index in [4.69, 9.17) is 5.11 Å². The van der Waals surface area contributed by atoms with E-state index in [1.54, 1.807) is 0 Å². The van der Waals surface area contributed by atoms with E-state index in [0.717, 1.165) is 22.8 Å². The number of likely N-dealkylation sites (tertiary alicyclic amines) is 1. The Labute approximate surface area is 119 Å². The summed E-state index contributed by atoms with van der Waals surface area (Å²) in [6.07, 6.45) is 3.42. The van der Waals surface area contributed by atoms with Crippen molar-refractivity contribution in [3.8, 4) is 0 Å². The minimum Gasteiger partial charge on any atom is -0.480 e. The number of carboxylic acid groups (broad SMARTS) is 1. The van der Waals surface area contributed by atoms with Gasteiger partial charge in [-0.15, -0.1) is 11.3 Å². The van der Waals surface area contributed by atoms with E-state index in [-0.39, 0.29) is 12.3 Å². The molecule has 1 aliphatic rings. The van der Waals surface area contributed by atoms with Gasteiger partial charge in [0.15, 0.2) is 4.96 Å². The van der Waals surface area contributed by atoms with Crippen LogP contribution in [0.5, 0.6) is 0 Å². The second-order valence-corrected chi connectivity index (χ2v) is 5.86. The van der Waals surface area contributed by atoms with Crippen LogP contribution in [0.15, 0.2) is 11.6 Å². The van der Waals surface area contributed by atoms with Gasteiger partial charge in [-0.3, -0.25) is 9.20 Å². The molecular formula is C13H15N3O3S. The molecule has 1 amide bonds. The van der Waals surface area contributed by atoms with Gasteiger partial charge in [0, 0.05) is 23.8 Å². The van der Waals surface area contributed by atoms with Gasteiger partial charge in [-0.05, 0) is 19.8 Å². The van der Waals surface area contributed by atoms with Crippen LogP contribution in [0.2, 0.25) is 0 Å². The van der Waals surface area contributed by atoms with Crippen LogP contribution in [0.25, 0.3) is 4.96 Å². The number of hydrogen-bond acceptors (Lipinski definition) is 4. The zero-order chi connectivity index (χ0) is 14.3. The Morgan fingerprint density at radius 3 is 3.10 bits per heavy atom. The van der Waals surface area contributed by atoms with Crippen molar-refractivity contribution in [3.05, 3.63) is 23.0 Å². The molecule has 1 N–H and O–H groups in total. The molecule has 1 saturated heterocycles. The number of thiazole rings is 1. The molecule has 106 valence electrons. The molecule has 0 aromatic carbocycles. The average Bonchev–Trinajstić information content (AvgIpc) is 3.05. The molecule has 2 aromatic heterocycles. The lowest BCUT2D eigenvalue weighted by atomic mass is 10.2. The maximum atomic E-state index is 12.3. The van der Waals surface area contributed by atoms with Gasteiger partial charge in [0.1, 0.15) is 6.04 Å². The molecule has 0 aliphatic carbocycles. The van der Waals surface area contributed by atoms with Crippen LogP contribution >= 0.6 is 11.3 Å². The molecule has 1 fully saturated rings. The molecular weight excluding hydrogens is 278 g/mol. The fraction of sp³-hybridized carbons (Fsp3) is 0.462. The molecule has 2 aromatic rings. The van der Waals surface area contributed by atoms with Crippen LogP contribution in [0, 0.1) is 6.92 Å². The van der Waals surface area contributed by atoms with E-state index in [0.29, 0.717) is 13.0 Å². The molecule has 3 rings (SSSR count). The predicted octanol–water partition coefficient (Wildman–Crippen LogP) is 1.32. The molecule has 20 heavy (non-hydrogen) atoms. The van der Waals surface area contributed by atoms with Gasteiger partial charge < -0.3 is 10.0 Å². The smallest absolute Gasteiger partial charge is 0.326 e. The monoisotopic (exact) mass is 293 g/mol. The minimum atomic E-state index is -0.912. The van der Waals surface area contributed by atoms with Crippen molar-refractivity contribution in [2.45, 2.75) is 32.2 Å². The van der Waals surface area contributed by atoms with Gasteiger partial charge in [-0.2, -0.15) is 0 Å². The zero-order valence-corrected chi connectivity index (χ0v) is 11.9. The van der Waals surface area contributed by atoms with Gasteiger partial charge in [0.2, 0.25) is 5.91 Å². The fourth-order valence-corrected chi connectivity index (χ4v) is 3.57. The van der Waals surface area contributed by atoms with Crippen LogP contribution in [-0.2, 0) is 16.0 Å². The Morgan fingerprint density at radius 2 is 2.35 bits per heavy atom. The Bertz CT molecular complexity index is 676. The SMILES string of the molecule is Cc1cn2c(CC(=O)N3CCCC3C(=O)O)csc2n1. The van der Waals surface area contributed by atoms with E-state index in [1.807, 2.05) is 22.9 Å². The molecule has 0 bridgehead atoms. The minimum absolute atomic E-state index is 0.124. The number of hydrogen-bond donors (Lipinski definition) is 1. The Morgan fingerprint density at radius 1 is 1.55 bits per heavy atom. The molecule has 1 unspecified atom stereocenters. The second kappa shape index (κ2) is 4.90. The Balaban J connectivity index is 1.80. The number of aromatic nitrogens is 2. The first-order chi connectivity index (χ1) is 9.56. The Hall–Kier alpha value is -1.89. The van der Waals surface area contributed by atoms with Crippen molar-refractivity contribution >= 4 is 28.2 Å². The van der Waals surface area contributed by atoms with Crippen molar-refractivity contribution < 1.29 is 14.7 Å². The van der Waals surface area contributed by atoms with Crippen molar-refractivity contribution in [3.63, 3.8) is 0 Å². The van der Waals surface area contributed by atoms with Crippen LogP contribution in [-0.4, -0.2) is 43.9 Å². The summed E-state index contributed by atoms with van der Waals surface area (Å²) in [5.74, 6) is -1.04. The summed E-state index contributed by atoms with van der Waals surface area (Å²) < 4.78 is 1.91. The maximum Gasteiger partial charge on any atom is 0.326 e. The largest absolute Gasteiger partial charge is 0.480 e. The number of rotatable bonds is 3. The van der Waals surface area contributed by atoms with Crippen molar-refractivity contribution in [2.75, 3.05) is 6.54 Å². The third kappa shape index (κ3) is 2.18. The van der Waals surface area contributed by atoms with Crippen LogP contribution < -0.4 is 0 Å². The molecule has 7 heteroatoms. The van der Waals surface area contributed by atoms with Crippen molar-refractivity contribution in [1.82, 2.24) is 14.3 Å². The highest BCUT2D eigenvalue weighted by Crippen LogP contribution is 2.21. The van der Waals surface area contributed by atoms with E-state index >= 15 is 0 Å². The van der Waals surface area contributed by atoms with Gasteiger partial charge >= 0.3 is 5.97 Å². The maximum absolute atomic E-state index is 12.3. The Kier molecular flexibility index (Phi) is 3.21. The molecule has 3 heterocycles. The van der Waals surface area contributed by atoms with Crippen molar-refractivity contribution in [1.29, 1.82) is 0 Å². The highest BCUT2D eigenvalue weighted by molar-refractivity contribution is 7.15. The number of aryl methyl sites for hydroxylation is 1. The van der Waals surface area contributed by atoms with Gasteiger partial charge in [0.25, 0.3) is 0 Å². The summed E-state index contributed by atoms with van der Waals surface area (Å²) >= 11 is 1.49. The summed E-state index contributed by atoms with van der Waals surface area (Å²) in [5.41, 5.74) is 1.78. The van der Waals surface area contributed by atoms with Crippen LogP contribution in [0.4, 0.5) is 0 Å². The summed E-state index contributed by atoms with van der Waals surface area (Å²) in [6, 6.07) is -0.666. The van der Waals surface area contributed by atoms with Crippen LogP contribution in [0.1, 0.15) is 24.2 Å². The lowest BCUT2D eigenvalue weighted by molar-refractivity contribution is -0.148. The lowest BCUT2D eigenvalue weighted by Gasteiger charge is -2.21. The fourth-order valence-electron chi connectivity index (χ4n) is 2.65. The zero-order valence-electron chi connectivity index (χ0n) is 11.1. The van der Waals surface area contributed by atoms with Gasteiger partial charge in [-0.25, -0.2) is 9.78 Å². The van der Waals surface area contributed by atoms with Gasteiger partial charge in [0.05, 0.1) is 12.1 Å². The quantitative estimate of drug-likeness (QED) is 0.926. The third-order valence-corrected chi connectivity index (χ3v) is 4.48. The summed E-state index contributed by atoms with van der Waals surface area (Å²) in [4.78, 5) is 30.1. The first kappa shape index (κ1) is 13.1. The number of amides is 1. The standard InChI is InChI=1S/C13H15N3O3S/c1-8-6-16-9(7-20-13(16)14-8)5-11(17)15-4-2-3-10(15)12(18)19/h6-7,10H,2-5H2,1H3,(H,18,19). The van der Waals surface area contributed by atoms with E-state index in [9.17, 15) is 9.59 Å². The first-order valence-corrected chi connectivity index (χ1v) is 7.38. The number of fused-ring (bicyclic) bond motifs is 1. The highest BCUT2D eigenvalue weighted by Gasteiger charge is 2.34. The summed E-state index contributed by atoms with van der Waals surface area (Å²) in [7, 11) is 0. The normalized spacial score (nSPS) is 18.9. The van der Waals surface area contributed by atoms with E-state index in [1.165, 1.54) is 16.2 Å². The lowest BCUT2D eigenvalue weighted by Crippen LogP contribution is -2.41. The summed E-state index contributed by atoms with van der Waals surface area (Å²) in [5, 5.41) is 11.0. The molecule has 1 atom stereocenters. The first-order valence-electron chi connectivity index (χ1n) is 6.50. The molecule has 6 nitrogen and oxygen atoms in total. The number of aliphatic carboxylic acids is 1. The average molecular weight is 293 g/mol. The molecule has 0 radical (unpaired) electrons. The van der Waals surface area contributed by atoms with Crippen molar-refractivity contribution in [2.24, 2.45) is 0 Å². The van der Waals surface area contributed by atoms with Crippen LogP contribution in [0.3, 0.4) is 0 Å². The molecule has 0 spiro atoms. The summed E-state index contributed by atoms with van der Waals surface area (Å²) in [6.45, 7) is 2.44. The number of carbonyl (C=O) groups excluding carboxylic acids is 1. The number of carbonyl (C=O) groups is 2. The topological polar surface area (TPSA) is 74.9 Å². The third-order valence-electron chi connectivity index (χ3n) is 3.59. The second-order valence-electron chi connectivity index (χ2n) is 5.02. The number of imidazole rings is 1. The van der Waals surface area contributed by atoms with E-state index < -0.39 is 12.0 Å². The highest BCUT2D eigenvalue weighted by atomic mass is 32.1. The predicted molar refractivity (Wildman–Crippen MR) is 73.9 cm³/mol. The van der Waals surface area contributed by atoms with E-state index in [2.05, 4.69) is 4.98 Å². The molecule has 1 aliphatic heterocycles. The number of nitrogens with zero attached hydrogens (tertiary/aromatic N) is 3. The van der Waals surface area contributed by atoms with Gasteiger partial charge in [-0.1, -0.05) is 0 Å².